The number of nitrogens with one attached hydrogen (secondary N) is 2. The van der Waals surface area contributed by atoms with E-state index in [1.54, 1.807) is 0 Å². The molecule has 1 aliphatic rings. The lowest BCUT2D eigenvalue weighted by atomic mass is 9.77. The smallest absolute Gasteiger partial charge is 0.444 e. The van der Waals surface area contributed by atoms with Crippen molar-refractivity contribution in [3.05, 3.63) is 40.9 Å². The van der Waals surface area contributed by atoms with Gasteiger partial charge < -0.3 is 24.7 Å². The van der Waals surface area contributed by atoms with E-state index in [9.17, 15) is 4.79 Å². The molecule has 6 nitrogen and oxygen atoms in total. The maximum atomic E-state index is 12.2. The zero-order valence-electron chi connectivity index (χ0n) is 19.7. The summed E-state index contributed by atoms with van der Waals surface area (Å²) in [6, 6.07) is 8.28. The molecule has 2 rings (SSSR count). The Hall–Kier alpha value is -1.83. The summed E-state index contributed by atoms with van der Waals surface area (Å²) in [6.07, 6.45) is 1.56. The van der Waals surface area contributed by atoms with Crippen LogP contribution >= 0.6 is 0 Å². The van der Waals surface area contributed by atoms with Gasteiger partial charge in [-0.05, 0) is 71.6 Å². The molecule has 2 N–H and O–H groups in total. The normalized spacial score (nSPS) is 18.4. The summed E-state index contributed by atoms with van der Waals surface area (Å²) < 4.78 is 17.8. The highest BCUT2D eigenvalue weighted by Gasteiger charge is 2.52. The Bertz CT molecular complexity index is 753. The third-order valence-electron chi connectivity index (χ3n) is 5.27. The highest BCUT2D eigenvalue weighted by molar-refractivity contribution is 6.56. The Morgan fingerprint density at radius 1 is 1.17 bits per heavy atom. The van der Waals surface area contributed by atoms with Crippen LogP contribution in [0.4, 0.5) is 4.79 Å². The molecule has 166 valence electrons. The first-order valence-electron chi connectivity index (χ1n) is 10.7. The van der Waals surface area contributed by atoms with E-state index < -0.39 is 30.0 Å². The molecule has 0 atom stereocenters. The van der Waals surface area contributed by atoms with Crippen LogP contribution in [-0.4, -0.2) is 43.1 Å². The number of hydrogen-bond donors (Lipinski definition) is 2. The van der Waals surface area contributed by atoms with Crippen molar-refractivity contribution in [1.82, 2.24) is 10.6 Å². The summed E-state index contributed by atoms with van der Waals surface area (Å²) in [7, 11) is -0.553. The van der Waals surface area contributed by atoms with Gasteiger partial charge in [-0.3, -0.25) is 0 Å². The van der Waals surface area contributed by atoms with Crippen LogP contribution in [0.5, 0.6) is 0 Å². The Balaban J connectivity index is 2.25. The number of benzene rings is 1. The third-order valence-corrected chi connectivity index (χ3v) is 5.27. The first kappa shape index (κ1) is 24.4. The number of alkyl carbamates (subject to hydrolysis) is 1. The molecule has 0 unspecified atom stereocenters. The van der Waals surface area contributed by atoms with E-state index in [-0.39, 0.29) is 6.54 Å². The van der Waals surface area contributed by atoms with Crippen LogP contribution in [0.2, 0.25) is 0 Å². The van der Waals surface area contributed by atoms with Gasteiger partial charge in [0.1, 0.15) is 5.60 Å². The minimum Gasteiger partial charge on any atom is -0.444 e. The fraction of sp³-hybridized carbons (Fsp3) is 0.609. The maximum Gasteiger partial charge on any atom is 0.492 e. The monoisotopic (exact) mass is 416 g/mol. The number of carbonyl (C=O) groups is 1. The molecular formula is C23H37BN2O4. The third kappa shape index (κ3) is 6.86. The Morgan fingerprint density at radius 3 is 2.37 bits per heavy atom. The Kier molecular flexibility index (Phi) is 7.77. The molecule has 1 aromatic carbocycles. The molecule has 30 heavy (non-hydrogen) atoms. The second-order valence-corrected chi connectivity index (χ2v) is 9.69. The van der Waals surface area contributed by atoms with Gasteiger partial charge in [0.25, 0.3) is 0 Å². The lowest BCUT2D eigenvalue weighted by molar-refractivity contribution is 0.00578. The molecule has 1 saturated heterocycles. The molecule has 0 saturated carbocycles. The van der Waals surface area contributed by atoms with Crippen molar-refractivity contribution in [2.45, 2.75) is 78.7 Å². The van der Waals surface area contributed by atoms with Crippen molar-refractivity contribution in [1.29, 1.82) is 0 Å². The largest absolute Gasteiger partial charge is 0.492 e. The van der Waals surface area contributed by atoms with Gasteiger partial charge in [0.05, 0.1) is 11.2 Å². The van der Waals surface area contributed by atoms with Crippen LogP contribution in [-0.2, 0) is 20.6 Å². The van der Waals surface area contributed by atoms with Crippen LogP contribution in [0.3, 0.4) is 0 Å². The first-order valence-corrected chi connectivity index (χ1v) is 10.7. The number of hydrogen-bond acceptors (Lipinski definition) is 5. The van der Waals surface area contributed by atoms with E-state index in [0.29, 0.717) is 0 Å². The van der Waals surface area contributed by atoms with Gasteiger partial charge in [-0.15, -0.1) is 0 Å². The van der Waals surface area contributed by atoms with Crippen LogP contribution < -0.4 is 10.6 Å². The Morgan fingerprint density at radius 2 is 1.80 bits per heavy atom. The van der Waals surface area contributed by atoms with Gasteiger partial charge in [-0.25, -0.2) is 4.79 Å². The van der Waals surface area contributed by atoms with E-state index in [1.807, 2.05) is 66.7 Å². The standard InChI is InChI=1S/C23H37BN2O4/c1-9-25-15-18-12-10-11-17(13-18)14-19(16-26-20(27)28-21(2,3)4)24-29-22(5,6)23(7,8)30-24/h10-14,25H,9,15-16H2,1-8H3,(H,26,27). The molecule has 0 bridgehead atoms. The molecule has 1 aromatic rings. The zero-order valence-corrected chi connectivity index (χ0v) is 19.7. The van der Waals surface area contributed by atoms with E-state index in [0.717, 1.165) is 24.1 Å². The van der Waals surface area contributed by atoms with Crippen molar-refractivity contribution < 1.29 is 18.8 Å². The molecule has 0 aromatic heterocycles. The quantitative estimate of drug-likeness (QED) is 0.648. The summed E-state index contributed by atoms with van der Waals surface area (Å²) in [4.78, 5) is 12.2. The topological polar surface area (TPSA) is 68.8 Å². The lowest BCUT2D eigenvalue weighted by Crippen LogP contribution is -2.41. The Labute approximate surface area is 181 Å². The fourth-order valence-corrected chi connectivity index (χ4v) is 2.96. The van der Waals surface area contributed by atoms with E-state index >= 15 is 0 Å². The molecule has 7 heteroatoms. The fourth-order valence-electron chi connectivity index (χ4n) is 2.96. The van der Waals surface area contributed by atoms with Gasteiger partial charge in [0.2, 0.25) is 0 Å². The highest BCUT2D eigenvalue weighted by Crippen LogP contribution is 2.38. The SMILES string of the molecule is CCNCc1cccc(C=C(CNC(=O)OC(C)(C)C)B2OC(C)(C)C(C)(C)O2)c1. The van der Waals surface area contributed by atoms with Crippen LogP contribution in [0.25, 0.3) is 6.08 Å². The van der Waals surface area contributed by atoms with E-state index in [4.69, 9.17) is 14.0 Å². The number of carbonyl (C=O) groups excluding carboxylic acids is 1. The summed E-state index contributed by atoms with van der Waals surface area (Å²) in [5, 5.41) is 6.18. The number of rotatable bonds is 7. The summed E-state index contributed by atoms with van der Waals surface area (Å²) in [5.41, 5.74) is 1.57. The van der Waals surface area contributed by atoms with Crippen molar-refractivity contribution >= 4 is 19.3 Å². The molecule has 0 aliphatic carbocycles. The van der Waals surface area contributed by atoms with E-state index in [2.05, 4.69) is 29.7 Å². The minimum absolute atomic E-state index is 0.267. The van der Waals surface area contributed by atoms with Gasteiger partial charge in [0.15, 0.2) is 0 Å². The molecule has 1 aliphatic heterocycles. The second-order valence-electron chi connectivity index (χ2n) is 9.69. The van der Waals surface area contributed by atoms with Crippen LogP contribution in [0.15, 0.2) is 29.7 Å². The average molecular weight is 416 g/mol. The van der Waals surface area contributed by atoms with Crippen LogP contribution in [0, 0.1) is 0 Å². The van der Waals surface area contributed by atoms with Crippen molar-refractivity contribution in [2.24, 2.45) is 0 Å². The number of amides is 1. The van der Waals surface area contributed by atoms with Gasteiger partial charge in [-0.1, -0.05) is 37.3 Å². The molecule has 1 fully saturated rings. The predicted molar refractivity (Wildman–Crippen MR) is 122 cm³/mol. The maximum absolute atomic E-state index is 12.2. The highest BCUT2D eigenvalue weighted by atomic mass is 16.7. The molecule has 0 radical (unpaired) electrons. The summed E-state index contributed by atoms with van der Waals surface area (Å²) in [6.45, 7) is 17.7. The van der Waals surface area contributed by atoms with E-state index in [1.165, 1.54) is 5.56 Å². The average Bonchev–Trinajstić information content (AvgIpc) is 2.83. The van der Waals surface area contributed by atoms with Crippen LogP contribution in [0.1, 0.15) is 66.5 Å². The predicted octanol–water partition coefficient (Wildman–Crippen LogP) is 4.34. The van der Waals surface area contributed by atoms with Gasteiger partial charge >= 0.3 is 13.2 Å². The zero-order chi connectivity index (χ0) is 22.6. The van der Waals surface area contributed by atoms with Gasteiger partial charge in [0, 0.05) is 13.1 Å². The molecule has 1 amide bonds. The lowest BCUT2D eigenvalue weighted by Gasteiger charge is -2.32. The molecule has 0 spiro atoms. The number of ether oxygens (including phenoxy) is 1. The summed E-state index contributed by atoms with van der Waals surface area (Å²) >= 11 is 0. The van der Waals surface area contributed by atoms with Crippen molar-refractivity contribution in [3.63, 3.8) is 0 Å². The van der Waals surface area contributed by atoms with Crippen molar-refractivity contribution in [2.75, 3.05) is 13.1 Å². The molecule has 1 heterocycles. The minimum atomic E-state index is -0.557. The summed E-state index contributed by atoms with van der Waals surface area (Å²) in [5.74, 6) is 0. The second kappa shape index (κ2) is 9.54. The van der Waals surface area contributed by atoms with Crippen molar-refractivity contribution in [3.8, 4) is 0 Å². The first-order chi connectivity index (χ1) is 13.8. The molecular weight excluding hydrogens is 379 g/mol. The van der Waals surface area contributed by atoms with Gasteiger partial charge in [-0.2, -0.15) is 0 Å².